The molecule has 3 rings (SSSR count). The first-order valence-electron chi connectivity index (χ1n) is 8.14. The maximum absolute atomic E-state index is 12.8. The predicted molar refractivity (Wildman–Crippen MR) is 104 cm³/mol. The average molecular weight is 469 g/mol. The number of phenolic OH excluding ortho intramolecular Hbond substituents is 1. The number of phenols is 1. The van der Waals surface area contributed by atoms with Gasteiger partial charge in [-0.05, 0) is 35.9 Å². The van der Waals surface area contributed by atoms with Crippen LogP contribution in [0.4, 0.5) is 0 Å². The van der Waals surface area contributed by atoms with Gasteiger partial charge >= 0.3 is 0 Å². The summed E-state index contributed by atoms with van der Waals surface area (Å²) in [6.45, 7) is 2.40. The van der Waals surface area contributed by atoms with Crippen LogP contribution in [0.1, 0.15) is 23.5 Å². The smallest absolute Gasteiger partial charge is 0.223 e. The third kappa shape index (κ3) is 4.63. The lowest BCUT2D eigenvalue weighted by molar-refractivity contribution is -0.135. The fourth-order valence-electron chi connectivity index (χ4n) is 3.02. The third-order valence-corrected chi connectivity index (χ3v) is 5.40. The Kier molecular flexibility index (Phi) is 6.15. The molecule has 2 aromatic carbocycles. The molecule has 25 heavy (non-hydrogen) atoms. The maximum Gasteiger partial charge on any atom is 0.223 e. The molecule has 0 bridgehead atoms. The van der Waals surface area contributed by atoms with Crippen molar-refractivity contribution in [2.75, 3.05) is 26.3 Å². The molecule has 0 spiro atoms. The van der Waals surface area contributed by atoms with Crippen LogP contribution in [0.15, 0.2) is 51.4 Å². The number of amides is 1. The molecule has 0 aromatic heterocycles. The molecule has 0 saturated carbocycles. The SMILES string of the molecule is O=C(CC(c1ccc(Br)cc1)c1cc(Br)ccc1O)N1CCOCC1. The Hall–Kier alpha value is -1.37. The summed E-state index contributed by atoms with van der Waals surface area (Å²) in [6.07, 6.45) is 0.311. The summed E-state index contributed by atoms with van der Waals surface area (Å²) in [5.74, 6) is 0.0717. The second-order valence-corrected chi connectivity index (χ2v) is 7.84. The van der Waals surface area contributed by atoms with Gasteiger partial charge in [0.2, 0.25) is 5.91 Å². The van der Waals surface area contributed by atoms with Gasteiger partial charge in [0, 0.05) is 39.9 Å². The normalized spacial score (nSPS) is 15.8. The molecule has 2 aromatic rings. The van der Waals surface area contributed by atoms with Crippen molar-refractivity contribution in [3.05, 3.63) is 62.5 Å². The second kappa shape index (κ2) is 8.34. The first-order chi connectivity index (χ1) is 12.0. The Labute approximate surface area is 164 Å². The number of morpholine rings is 1. The van der Waals surface area contributed by atoms with E-state index >= 15 is 0 Å². The molecule has 6 heteroatoms. The maximum atomic E-state index is 12.8. The van der Waals surface area contributed by atoms with Gasteiger partial charge in [-0.2, -0.15) is 0 Å². The van der Waals surface area contributed by atoms with E-state index in [1.165, 1.54) is 0 Å². The van der Waals surface area contributed by atoms with E-state index in [9.17, 15) is 9.90 Å². The summed E-state index contributed by atoms with van der Waals surface area (Å²) in [4.78, 5) is 14.6. The van der Waals surface area contributed by atoms with Gasteiger partial charge in [0.05, 0.1) is 13.2 Å². The fourth-order valence-corrected chi connectivity index (χ4v) is 3.67. The standard InChI is InChI=1S/C19H19Br2NO3/c20-14-3-1-13(2-4-14)16(17-11-15(21)5-6-18(17)23)12-19(24)22-7-9-25-10-8-22/h1-6,11,16,23H,7-10,12H2. The lowest BCUT2D eigenvalue weighted by atomic mass is 9.87. The minimum Gasteiger partial charge on any atom is -0.508 e. The highest BCUT2D eigenvalue weighted by Gasteiger charge is 2.25. The molecule has 0 radical (unpaired) electrons. The molecule has 1 aliphatic rings. The predicted octanol–water partition coefficient (Wildman–Crippen LogP) is 4.30. The highest BCUT2D eigenvalue weighted by molar-refractivity contribution is 9.10. The molecule has 1 N–H and O–H groups in total. The van der Waals surface area contributed by atoms with Gasteiger partial charge < -0.3 is 14.7 Å². The van der Waals surface area contributed by atoms with Crippen LogP contribution in [0.25, 0.3) is 0 Å². The highest BCUT2D eigenvalue weighted by atomic mass is 79.9. The molecular weight excluding hydrogens is 450 g/mol. The molecular formula is C19H19Br2NO3. The van der Waals surface area contributed by atoms with Crippen molar-refractivity contribution in [3.8, 4) is 5.75 Å². The fraction of sp³-hybridized carbons (Fsp3) is 0.316. The Morgan fingerprint density at radius 2 is 1.72 bits per heavy atom. The summed E-state index contributed by atoms with van der Waals surface area (Å²) in [5, 5.41) is 10.4. The Bertz CT molecular complexity index is 743. The van der Waals surface area contributed by atoms with Gasteiger partial charge in [0.15, 0.2) is 0 Å². The number of carbonyl (C=O) groups is 1. The number of ether oxygens (including phenoxy) is 1. The molecule has 132 valence electrons. The van der Waals surface area contributed by atoms with Gasteiger partial charge in [-0.25, -0.2) is 0 Å². The topological polar surface area (TPSA) is 49.8 Å². The number of carbonyl (C=O) groups excluding carboxylic acids is 1. The zero-order valence-electron chi connectivity index (χ0n) is 13.6. The summed E-state index contributed by atoms with van der Waals surface area (Å²) >= 11 is 6.91. The highest BCUT2D eigenvalue weighted by Crippen LogP contribution is 2.36. The van der Waals surface area contributed by atoms with E-state index in [0.29, 0.717) is 32.7 Å². The number of nitrogens with zero attached hydrogens (tertiary/aromatic N) is 1. The van der Waals surface area contributed by atoms with Crippen LogP contribution >= 0.6 is 31.9 Å². The molecule has 1 atom stereocenters. The van der Waals surface area contributed by atoms with Gasteiger partial charge in [0.1, 0.15) is 5.75 Å². The van der Waals surface area contributed by atoms with Crippen LogP contribution < -0.4 is 0 Å². The summed E-state index contributed by atoms with van der Waals surface area (Å²) < 4.78 is 7.18. The van der Waals surface area contributed by atoms with Crippen molar-refractivity contribution in [2.24, 2.45) is 0 Å². The van der Waals surface area contributed by atoms with E-state index in [1.807, 2.05) is 35.2 Å². The molecule has 1 amide bonds. The lowest BCUT2D eigenvalue weighted by Gasteiger charge is -2.29. The molecule has 1 aliphatic heterocycles. The third-order valence-electron chi connectivity index (χ3n) is 4.38. The van der Waals surface area contributed by atoms with Gasteiger partial charge in [-0.15, -0.1) is 0 Å². The van der Waals surface area contributed by atoms with E-state index in [-0.39, 0.29) is 17.6 Å². The van der Waals surface area contributed by atoms with E-state index in [4.69, 9.17) is 4.74 Å². The molecule has 1 saturated heterocycles. The van der Waals surface area contributed by atoms with Gasteiger partial charge in [0.25, 0.3) is 0 Å². The van der Waals surface area contributed by atoms with Crippen molar-refractivity contribution < 1.29 is 14.6 Å². The zero-order valence-corrected chi connectivity index (χ0v) is 16.8. The van der Waals surface area contributed by atoms with E-state index in [0.717, 1.165) is 20.1 Å². The van der Waals surface area contributed by atoms with Crippen LogP contribution in [-0.2, 0) is 9.53 Å². The van der Waals surface area contributed by atoms with Crippen molar-refractivity contribution in [2.45, 2.75) is 12.3 Å². The van der Waals surface area contributed by atoms with Crippen LogP contribution in [0, 0.1) is 0 Å². The molecule has 1 fully saturated rings. The van der Waals surface area contributed by atoms with E-state index in [1.54, 1.807) is 12.1 Å². The Morgan fingerprint density at radius 1 is 1.08 bits per heavy atom. The summed E-state index contributed by atoms with van der Waals surface area (Å²) in [6, 6.07) is 13.2. The minimum absolute atomic E-state index is 0.0793. The zero-order chi connectivity index (χ0) is 17.8. The van der Waals surface area contributed by atoms with Crippen molar-refractivity contribution in [1.29, 1.82) is 0 Å². The number of rotatable bonds is 4. The number of halogens is 2. The lowest BCUT2D eigenvalue weighted by Crippen LogP contribution is -2.41. The van der Waals surface area contributed by atoms with Crippen LogP contribution in [0.2, 0.25) is 0 Å². The average Bonchev–Trinajstić information content (AvgIpc) is 2.63. The van der Waals surface area contributed by atoms with Crippen molar-refractivity contribution in [1.82, 2.24) is 4.90 Å². The summed E-state index contributed by atoms with van der Waals surface area (Å²) in [5.41, 5.74) is 1.75. The Morgan fingerprint density at radius 3 is 2.40 bits per heavy atom. The largest absolute Gasteiger partial charge is 0.508 e. The number of hydrogen-bond acceptors (Lipinski definition) is 3. The van der Waals surface area contributed by atoms with Crippen molar-refractivity contribution in [3.63, 3.8) is 0 Å². The molecule has 0 aliphatic carbocycles. The summed E-state index contributed by atoms with van der Waals surface area (Å²) in [7, 11) is 0. The molecule has 1 unspecified atom stereocenters. The van der Waals surface area contributed by atoms with Crippen LogP contribution in [-0.4, -0.2) is 42.2 Å². The van der Waals surface area contributed by atoms with Gasteiger partial charge in [-0.1, -0.05) is 44.0 Å². The number of aromatic hydroxyl groups is 1. The minimum atomic E-state index is -0.207. The number of benzene rings is 2. The van der Waals surface area contributed by atoms with Crippen LogP contribution in [0.3, 0.4) is 0 Å². The second-order valence-electron chi connectivity index (χ2n) is 6.00. The Balaban J connectivity index is 1.92. The van der Waals surface area contributed by atoms with Crippen molar-refractivity contribution >= 4 is 37.8 Å². The van der Waals surface area contributed by atoms with E-state index < -0.39 is 0 Å². The quantitative estimate of drug-likeness (QED) is 0.727. The first-order valence-corrected chi connectivity index (χ1v) is 9.72. The first kappa shape index (κ1) is 18.4. The number of hydrogen-bond donors (Lipinski definition) is 1. The molecule has 4 nitrogen and oxygen atoms in total. The van der Waals surface area contributed by atoms with Gasteiger partial charge in [-0.3, -0.25) is 4.79 Å². The van der Waals surface area contributed by atoms with Crippen LogP contribution in [0.5, 0.6) is 5.75 Å². The monoisotopic (exact) mass is 467 g/mol. The molecule has 1 heterocycles. The van der Waals surface area contributed by atoms with E-state index in [2.05, 4.69) is 31.9 Å².